The number of hydrogen-bond acceptors (Lipinski definition) is 4. The van der Waals surface area contributed by atoms with E-state index in [1.54, 1.807) is 0 Å². The quantitative estimate of drug-likeness (QED) is 0.790. The molecule has 1 saturated heterocycles. The van der Waals surface area contributed by atoms with Crippen molar-refractivity contribution in [1.82, 2.24) is 4.90 Å². The zero-order chi connectivity index (χ0) is 14.5. The highest BCUT2D eigenvalue weighted by Crippen LogP contribution is 2.28. The minimum Gasteiger partial charge on any atom is -0.466 e. The SMILES string of the molecule is CCOC(=O)C1CCN(C(C#N)c2cccc(C)c2)C1. The maximum atomic E-state index is 11.8. The standard InChI is InChI=1S/C16H20N2O2/c1-3-20-16(19)14-7-8-18(11-14)15(10-17)13-6-4-5-12(2)9-13/h4-6,9,14-15H,3,7-8,11H2,1-2H3. The Morgan fingerprint density at radius 2 is 2.40 bits per heavy atom. The summed E-state index contributed by atoms with van der Waals surface area (Å²) in [4.78, 5) is 13.8. The molecule has 4 nitrogen and oxygen atoms in total. The number of benzene rings is 1. The summed E-state index contributed by atoms with van der Waals surface area (Å²) in [5.41, 5.74) is 2.14. The van der Waals surface area contributed by atoms with E-state index < -0.39 is 0 Å². The van der Waals surface area contributed by atoms with Crippen LogP contribution in [0, 0.1) is 24.2 Å². The van der Waals surface area contributed by atoms with Crippen molar-refractivity contribution >= 4 is 5.97 Å². The van der Waals surface area contributed by atoms with Gasteiger partial charge in [0, 0.05) is 13.1 Å². The van der Waals surface area contributed by atoms with Crippen molar-refractivity contribution < 1.29 is 9.53 Å². The van der Waals surface area contributed by atoms with Gasteiger partial charge >= 0.3 is 5.97 Å². The van der Waals surface area contributed by atoms with Crippen molar-refractivity contribution in [1.29, 1.82) is 5.26 Å². The predicted molar refractivity (Wildman–Crippen MR) is 75.8 cm³/mol. The summed E-state index contributed by atoms with van der Waals surface area (Å²) in [5, 5.41) is 9.45. The Labute approximate surface area is 120 Å². The van der Waals surface area contributed by atoms with E-state index in [0.717, 1.165) is 24.1 Å². The second kappa shape index (κ2) is 6.53. The summed E-state index contributed by atoms with van der Waals surface area (Å²) in [6.45, 7) is 5.61. The third-order valence-corrected chi connectivity index (χ3v) is 3.68. The van der Waals surface area contributed by atoms with Crippen LogP contribution >= 0.6 is 0 Å². The van der Waals surface area contributed by atoms with Crippen molar-refractivity contribution in [3.8, 4) is 6.07 Å². The number of aryl methyl sites for hydroxylation is 1. The van der Waals surface area contributed by atoms with Crippen molar-refractivity contribution in [3.63, 3.8) is 0 Å². The van der Waals surface area contributed by atoms with Gasteiger partial charge in [-0.15, -0.1) is 0 Å². The van der Waals surface area contributed by atoms with E-state index in [9.17, 15) is 10.1 Å². The van der Waals surface area contributed by atoms with Crippen LogP contribution in [0.3, 0.4) is 0 Å². The average Bonchev–Trinajstić information content (AvgIpc) is 2.90. The summed E-state index contributed by atoms with van der Waals surface area (Å²) in [5.74, 6) is -0.244. The molecular weight excluding hydrogens is 252 g/mol. The Morgan fingerprint density at radius 1 is 1.60 bits per heavy atom. The van der Waals surface area contributed by atoms with Crippen LogP contribution in [0.25, 0.3) is 0 Å². The largest absolute Gasteiger partial charge is 0.466 e. The van der Waals surface area contributed by atoms with Crippen LogP contribution in [0.2, 0.25) is 0 Å². The molecule has 1 fully saturated rings. The molecule has 0 N–H and O–H groups in total. The number of rotatable bonds is 4. The number of carbonyl (C=O) groups is 1. The summed E-state index contributed by atoms with van der Waals surface area (Å²) in [7, 11) is 0. The van der Waals surface area contributed by atoms with Gasteiger partial charge in [-0.1, -0.05) is 29.8 Å². The number of nitrogens with zero attached hydrogens (tertiary/aromatic N) is 2. The van der Waals surface area contributed by atoms with E-state index in [1.165, 1.54) is 0 Å². The molecule has 1 aliphatic heterocycles. The molecule has 0 amide bonds. The van der Waals surface area contributed by atoms with Crippen molar-refractivity contribution in [2.24, 2.45) is 5.92 Å². The molecule has 0 bridgehead atoms. The normalized spacial score (nSPS) is 20.4. The fourth-order valence-electron chi connectivity index (χ4n) is 2.68. The molecule has 2 atom stereocenters. The first-order valence-corrected chi connectivity index (χ1v) is 7.02. The first-order valence-electron chi connectivity index (χ1n) is 7.02. The number of likely N-dealkylation sites (tertiary alicyclic amines) is 1. The Balaban J connectivity index is 2.07. The van der Waals surface area contributed by atoms with Crippen LogP contribution in [-0.2, 0) is 9.53 Å². The van der Waals surface area contributed by atoms with Crippen LogP contribution in [0.5, 0.6) is 0 Å². The van der Waals surface area contributed by atoms with E-state index >= 15 is 0 Å². The molecule has 106 valence electrons. The molecule has 1 aromatic rings. The van der Waals surface area contributed by atoms with E-state index in [2.05, 4.69) is 11.0 Å². The zero-order valence-corrected chi connectivity index (χ0v) is 12.0. The Hall–Kier alpha value is -1.86. The van der Waals surface area contributed by atoms with Gasteiger partial charge in [0.1, 0.15) is 6.04 Å². The second-order valence-corrected chi connectivity index (χ2v) is 5.18. The zero-order valence-electron chi connectivity index (χ0n) is 12.0. The summed E-state index contributed by atoms with van der Waals surface area (Å²) in [6.07, 6.45) is 0.767. The van der Waals surface area contributed by atoms with Crippen LogP contribution in [-0.4, -0.2) is 30.6 Å². The minimum atomic E-state index is -0.283. The maximum Gasteiger partial charge on any atom is 0.310 e. The van der Waals surface area contributed by atoms with Crippen LogP contribution in [0.4, 0.5) is 0 Å². The lowest BCUT2D eigenvalue weighted by molar-refractivity contribution is -0.147. The van der Waals surface area contributed by atoms with Crippen molar-refractivity contribution in [2.75, 3.05) is 19.7 Å². The number of esters is 1. The molecular formula is C16H20N2O2. The van der Waals surface area contributed by atoms with Gasteiger partial charge in [0.25, 0.3) is 0 Å². The van der Waals surface area contributed by atoms with Crippen molar-refractivity contribution in [3.05, 3.63) is 35.4 Å². The Bertz CT molecular complexity index is 521. The summed E-state index contributed by atoms with van der Waals surface area (Å²) < 4.78 is 5.06. The molecule has 2 unspecified atom stereocenters. The number of nitriles is 1. The molecule has 0 saturated carbocycles. The molecule has 0 aromatic heterocycles. The summed E-state index contributed by atoms with van der Waals surface area (Å²) >= 11 is 0. The van der Waals surface area contributed by atoms with Gasteiger partial charge in [-0.05, 0) is 25.8 Å². The highest BCUT2D eigenvalue weighted by molar-refractivity contribution is 5.73. The molecule has 2 rings (SSSR count). The van der Waals surface area contributed by atoms with Gasteiger partial charge < -0.3 is 4.74 Å². The fourth-order valence-corrected chi connectivity index (χ4v) is 2.68. The monoisotopic (exact) mass is 272 g/mol. The highest BCUT2D eigenvalue weighted by Gasteiger charge is 2.33. The molecule has 0 radical (unpaired) electrons. The lowest BCUT2D eigenvalue weighted by Crippen LogP contribution is -2.28. The van der Waals surface area contributed by atoms with E-state index in [-0.39, 0.29) is 17.9 Å². The number of hydrogen-bond donors (Lipinski definition) is 0. The molecule has 20 heavy (non-hydrogen) atoms. The van der Waals surface area contributed by atoms with Crippen LogP contribution in [0.1, 0.15) is 30.5 Å². The second-order valence-electron chi connectivity index (χ2n) is 5.18. The maximum absolute atomic E-state index is 11.8. The molecule has 1 heterocycles. The predicted octanol–water partition coefficient (Wildman–Crippen LogP) is 2.44. The Morgan fingerprint density at radius 3 is 3.05 bits per heavy atom. The fraction of sp³-hybridized carbons (Fsp3) is 0.500. The molecule has 1 aliphatic rings. The van der Waals surface area contributed by atoms with Gasteiger partial charge in [0.15, 0.2) is 0 Å². The first-order chi connectivity index (χ1) is 9.65. The minimum absolute atomic E-state index is 0.101. The lowest BCUT2D eigenvalue weighted by Gasteiger charge is -2.22. The lowest BCUT2D eigenvalue weighted by atomic mass is 10.0. The molecule has 4 heteroatoms. The number of carbonyl (C=O) groups excluding carboxylic acids is 1. The molecule has 0 spiro atoms. The van der Waals surface area contributed by atoms with E-state index in [0.29, 0.717) is 13.2 Å². The highest BCUT2D eigenvalue weighted by atomic mass is 16.5. The van der Waals surface area contributed by atoms with Crippen LogP contribution in [0.15, 0.2) is 24.3 Å². The van der Waals surface area contributed by atoms with Gasteiger partial charge in [0.05, 0.1) is 18.6 Å². The van der Waals surface area contributed by atoms with Gasteiger partial charge in [0.2, 0.25) is 0 Å². The topological polar surface area (TPSA) is 53.3 Å². The van der Waals surface area contributed by atoms with Gasteiger partial charge in [-0.3, -0.25) is 9.69 Å². The van der Waals surface area contributed by atoms with E-state index in [4.69, 9.17) is 4.74 Å². The number of ether oxygens (including phenoxy) is 1. The van der Waals surface area contributed by atoms with Gasteiger partial charge in [-0.25, -0.2) is 0 Å². The van der Waals surface area contributed by atoms with Crippen LogP contribution < -0.4 is 0 Å². The smallest absolute Gasteiger partial charge is 0.310 e. The molecule has 0 aliphatic carbocycles. The third kappa shape index (κ3) is 3.17. The van der Waals surface area contributed by atoms with Crippen molar-refractivity contribution in [2.45, 2.75) is 26.3 Å². The summed E-state index contributed by atoms with van der Waals surface area (Å²) in [6, 6.07) is 10.1. The van der Waals surface area contributed by atoms with E-state index in [1.807, 2.05) is 38.1 Å². The first kappa shape index (κ1) is 14.5. The Kier molecular flexibility index (Phi) is 4.75. The molecule has 1 aromatic carbocycles. The average molecular weight is 272 g/mol. The van der Waals surface area contributed by atoms with Gasteiger partial charge in [-0.2, -0.15) is 5.26 Å². The third-order valence-electron chi connectivity index (χ3n) is 3.68.